The van der Waals surface area contributed by atoms with Crippen LogP contribution >= 0.6 is 15.9 Å². The largest absolute Gasteiger partial charge is 0.491 e. The van der Waals surface area contributed by atoms with Crippen LogP contribution in [0.3, 0.4) is 0 Å². The lowest BCUT2D eigenvalue weighted by Crippen LogP contribution is -2.07. The van der Waals surface area contributed by atoms with Gasteiger partial charge in [-0.2, -0.15) is 0 Å². The van der Waals surface area contributed by atoms with Crippen LogP contribution in [0.15, 0.2) is 24.3 Å². The van der Waals surface area contributed by atoms with Gasteiger partial charge in [-0.25, -0.2) is 0 Å². The summed E-state index contributed by atoms with van der Waals surface area (Å²) in [6, 6.07) is 8.39. The molecule has 0 bridgehead atoms. The van der Waals surface area contributed by atoms with Crippen molar-refractivity contribution in [2.24, 2.45) is 0 Å². The molecule has 1 aliphatic rings. The summed E-state index contributed by atoms with van der Waals surface area (Å²) in [5.41, 5.74) is 1.35. The fourth-order valence-corrected chi connectivity index (χ4v) is 3.11. The lowest BCUT2D eigenvalue weighted by molar-refractivity contribution is 0.145. The molecule has 0 saturated heterocycles. The molecule has 0 heterocycles. The van der Waals surface area contributed by atoms with E-state index in [4.69, 9.17) is 9.47 Å². The highest BCUT2D eigenvalue weighted by atomic mass is 79.9. The maximum Gasteiger partial charge on any atom is 0.122 e. The number of halogens is 1. The van der Waals surface area contributed by atoms with Gasteiger partial charge in [-0.1, -0.05) is 34.1 Å². The first-order chi connectivity index (χ1) is 8.31. The number of rotatable bonds is 5. The first kappa shape index (κ1) is 12.9. The first-order valence-electron chi connectivity index (χ1n) is 6.16. The van der Waals surface area contributed by atoms with Gasteiger partial charge < -0.3 is 9.47 Å². The number of hydrogen-bond acceptors (Lipinski definition) is 2. The van der Waals surface area contributed by atoms with Gasteiger partial charge in [0.1, 0.15) is 12.4 Å². The van der Waals surface area contributed by atoms with Crippen molar-refractivity contribution in [3.05, 3.63) is 29.8 Å². The van der Waals surface area contributed by atoms with Crippen molar-refractivity contribution in [3.63, 3.8) is 0 Å². The molecule has 2 unspecified atom stereocenters. The molecule has 0 N–H and O–H groups in total. The van der Waals surface area contributed by atoms with Crippen LogP contribution in [-0.4, -0.2) is 25.2 Å². The first-order valence-corrected chi connectivity index (χ1v) is 7.07. The zero-order valence-electron chi connectivity index (χ0n) is 10.2. The Bertz CT molecular complexity index is 354. The number of ether oxygens (including phenoxy) is 2. The topological polar surface area (TPSA) is 18.5 Å². The van der Waals surface area contributed by atoms with Gasteiger partial charge in [0.15, 0.2) is 0 Å². The smallest absolute Gasteiger partial charge is 0.122 e. The Labute approximate surface area is 111 Å². The zero-order valence-corrected chi connectivity index (χ0v) is 11.8. The summed E-state index contributed by atoms with van der Waals surface area (Å²) in [5.74, 6) is 1.66. The molecule has 1 aliphatic carbocycles. The molecular weight excluding hydrogens is 280 g/mol. The van der Waals surface area contributed by atoms with Gasteiger partial charge in [0.25, 0.3) is 0 Å². The van der Waals surface area contributed by atoms with E-state index in [2.05, 4.69) is 34.1 Å². The fraction of sp³-hybridized carbons (Fsp3) is 0.571. The van der Waals surface area contributed by atoms with Crippen LogP contribution in [-0.2, 0) is 4.74 Å². The molecule has 0 aliphatic heterocycles. The van der Waals surface area contributed by atoms with Crippen molar-refractivity contribution < 1.29 is 9.47 Å². The summed E-state index contributed by atoms with van der Waals surface area (Å²) in [7, 11) is 1.70. The molecule has 3 heteroatoms. The second kappa shape index (κ2) is 6.41. The molecule has 1 saturated carbocycles. The third-order valence-corrected chi connectivity index (χ3v) is 4.10. The fourth-order valence-electron chi connectivity index (χ4n) is 2.39. The predicted octanol–water partition coefficient (Wildman–Crippen LogP) is 3.74. The molecule has 0 radical (unpaired) electrons. The molecule has 2 atom stereocenters. The Morgan fingerprint density at radius 2 is 2.06 bits per heavy atom. The van der Waals surface area contributed by atoms with Crippen LogP contribution in [0.25, 0.3) is 0 Å². The number of para-hydroxylation sites is 1. The summed E-state index contributed by atoms with van der Waals surface area (Å²) in [6.07, 6.45) is 3.72. The van der Waals surface area contributed by atoms with Crippen molar-refractivity contribution in [2.45, 2.75) is 30.0 Å². The van der Waals surface area contributed by atoms with Gasteiger partial charge >= 0.3 is 0 Å². The zero-order chi connectivity index (χ0) is 12.1. The lowest BCUT2D eigenvalue weighted by atomic mass is 9.97. The lowest BCUT2D eigenvalue weighted by Gasteiger charge is -2.15. The third-order valence-electron chi connectivity index (χ3n) is 3.27. The van der Waals surface area contributed by atoms with Crippen molar-refractivity contribution in [2.75, 3.05) is 20.3 Å². The Balaban J connectivity index is 2.05. The highest BCUT2D eigenvalue weighted by Gasteiger charge is 2.25. The van der Waals surface area contributed by atoms with Crippen molar-refractivity contribution >= 4 is 15.9 Å². The van der Waals surface area contributed by atoms with E-state index < -0.39 is 0 Å². The molecule has 17 heavy (non-hydrogen) atoms. The highest BCUT2D eigenvalue weighted by Crippen LogP contribution is 2.41. The second-order valence-corrected chi connectivity index (χ2v) is 5.78. The van der Waals surface area contributed by atoms with Crippen LogP contribution in [0.4, 0.5) is 0 Å². The van der Waals surface area contributed by atoms with Crippen molar-refractivity contribution in [1.82, 2.24) is 0 Å². The van der Waals surface area contributed by atoms with Crippen molar-refractivity contribution in [3.8, 4) is 5.75 Å². The van der Waals surface area contributed by atoms with E-state index in [1.54, 1.807) is 7.11 Å². The van der Waals surface area contributed by atoms with E-state index >= 15 is 0 Å². The molecule has 0 amide bonds. The average molecular weight is 299 g/mol. The van der Waals surface area contributed by atoms with Gasteiger partial charge in [0.05, 0.1) is 6.61 Å². The third kappa shape index (κ3) is 3.46. The van der Waals surface area contributed by atoms with Gasteiger partial charge in [-0.15, -0.1) is 0 Å². The van der Waals surface area contributed by atoms with E-state index in [-0.39, 0.29) is 0 Å². The maximum absolute atomic E-state index is 5.78. The molecule has 2 rings (SSSR count). The minimum absolute atomic E-state index is 0.623. The average Bonchev–Trinajstić information content (AvgIpc) is 2.77. The minimum atomic E-state index is 0.623. The second-order valence-electron chi connectivity index (χ2n) is 4.49. The van der Waals surface area contributed by atoms with Crippen LogP contribution in [0.5, 0.6) is 5.75 Å². The summed E-state index contributed by atoms with van der Waals surface area (Å²) in [4.78, 5) is 0.666. The van der Waals surface area contributed by atoms with Crippen LogP contribution in [0.1, 0.15) is 30.7 Å². The molecule has 2 nitrogen and oxygen atoms in total. The molecule has 1 aromatic rings. The number of hydrogen-bond donors (Lipinski definition) is 0. The van der Waals surface area contributed by atoms with Crippen molar-refractivity contribution in [1.29, 1.82) is 0 Å². The molecule has 94 valence electrons. The minimum Gasteiger partial charge on any atom is -0.491 e. The summed E-state index contributed by atoms with van der Waals surface area (Å²) in [6.45, 7) is 1.26. The Morgan fingerprint density at radius 3 is 2.76 bits per heavy atom. The van der Waals surface area contributed by atoms with Gasteiger partial charge in [0, 0.05) is 11.9 Å². The summed E-state index contributed by atoms with van der Waals surface area (Å²) in [5, 5.41) is 0. The van der Waals surface area contributed by atoms with Gasteiger partial charge in [-0.05, 0) is 36.8 Å². The number of alkyl halides is 1. The monoisotopic (exact) mass is 298 g/mol. The van der Waals surface area contributed by atoms with Crippen LogP contribution in [0, 0.1) is 0 Å². The predicted molar refractivity (Wildman–Crippen MR) is 73.1 cm³/mol. The SMILES string of the molecule is COCCOc1ccccc1C1CCC(Br)C1. The van der Waals surface area contributed by atoms with E-state index in [1.807, 2.05) is 6.07 Å². The molecule has 0 aromatic heterocycles. The number of methoxy groups -OCH3 is 1. The molecule has 0 spiro atoms. The Morgan fingerprint density at radius 1 is 1.24 bits per heavy atom. The normalized spacial score (nSPS) is 23.9. The molecule has 1 fully saturated rings. The van der Waals surface area contributed by atoms with E-state index in [0.29, 0.717) is 24.0 Å². The van der Waals surface area contributed by atoms with E-state index in [1.165, 1.54) is 24.8 Å². The molecular formula is C14H19BrO2. The molecule has 1 aromatic carbocycles. The van der Waals surface area contributed by atoms with Crippen LogP contribution in [0.2, 0.25) is 0 Å². The van der Waals surface area contributed by atoms with E-state index in [0.717, 1.165) is 5.75 Å². The summed E-state index contributed by atoms with van der Waals surface area (Å²) >= 11 is 3.70. The summed E-state index contributed by atoms with van der Waals surface area (Å²) < 4.78 is 10.8. The quantitative estimate of drug-likeness (QED) is 0.609. The highest BCUT2D eigenvalue weighted by molar-refractivity contribution is 9.09. The Hall–Kier alpha value is -0.540. The van der Waals surface area contributed by atoms with Gasteiger partial charge in [0.2, 0.25) is 0 Å². The van der Waals surface area contributed by atoms with E-state index in [9.17, 15) is 0 Å². The maximum atomic E-state index is 5.78. The Kier molecular flexibility index (Phi) is 4.86. The number of benzene rings is 1. The van der Waals surface area contributed by atoms with Gasteiger partial charge in [-0.3, -0.25) is 0 Å². The van der Waals surface area contributed by atoms with Crippen LogP contribution < -0.4 is 4.74 Å². The standard InChI is InChI=1S/C14H19BrO2/c1-16-8-9-17-14-5-3-2-4-13(14)11-6-7-12(15)10-11/h2-5,11-12H,6-10H2,1H3.